The molecular weight excluding hydrogens is 466 g/mol. The van der Waals surface area contributed by atoms with Gasteiger partial charge >= 0.3 is 0 Å². The van der Waals surface area contributed by atoms with Crippen molar-refractivity contribution in [2.45, 2.75) is 18.2 Å². The Morgan fingerprint density at radius 1 is 1.03 bits per heavy atom. The zero-order valence-corrected chi connectivity index (χ0v) is 19.1. The van der Waals surface area contributed by atoms with E-state index < -0.39 is 15.9 Å². The molecular formula is C22H20ClN5O4S. The Hall–Kier alpha value is -3.50. The molecule has 0 bridgehead atoms. The lowest BCUT2D eigenvalue weighted by atomic mass is 10.1. The van der Waals surface area contributed by atoms with Crippen LogP contribution in [0.15, 0.2) is 65.6 Å². The van der Waals surface area contributed by atoms with E-state index in [0.717, 1.165) is 11.3 Å². The summed E-state index contributed by atoms with van der Waals surface area (Å²) in [5.41, 5.74) is 2.27. The Balaban J connectivity index is 1.39. The fourth-order valence-corrected chi connectivity index (χ4v) is 4.48. The summed E-state index contributed by atoms with van der Waals surface area (Å²) < 4.78 is 27.3. The van der Waals surface area contributed by atoms with Crippen LogP contribution >= 0.6 is 11.6 Å². The van der Waals surface area contributed by atoms with Crippen LogP contribution in [-0.4, -0.2) is 37.0 Å². The third kappa shape index (κ3) is 5.29. The van der Waals surface area contributed by atoms with Crippen LogP contribution in [0.25, 0.3) is 0 Å². The first-order valence-corrected chi connectivity index (χ1v) is 11.9. The quantitative estimate of drug-likeness (QED) is 0.552. The largest absolute Gasteiger partial charge is 0.326 e. The van der Waals surface area contributed by atoms with E-state index in [1.165, 1.54) is 36.4 Å². The van der Waals surface area contributed by atoms with E-state index in [4.69, 9.17) is 11.6 Å². The van der Waals surface area contributed by atoms with Crippen molar-refractivity contribution in [3.8, 4) is 0 Å². The molecule has 0 spiro atoms. The van der Waals surface area contributed by atoms with E-state index in [-0.39, 0.29) is 40.6 Å². The predicted molar refractivity (Wildman–Crippen MR) is 125 cm³/mol. The van der Waals surface area contributed by atoms with Gasteiger partial charge in [-0.25, -0.2) is 8.42 Å². The molecule has 0 aliphatic carbocycles. The molecule has 1 aliphatic heterocycles. The summed E-state index contributed by atoms with van der Waals surface area (Å²) in [6.07, 6.45) is 0.109. The molecule has 1 unspecified atom stereocenters. The number of amides is 2. The van der Waals surface area contributed by atoms with Crippen molar-refractivity contribution < 1.29 is 18.0 Å². The van der Waals surface area contributed by atoms with Crippen LogP contribution in [0.2, 0.25) is 5.15 Å². The van der Waals surface area contributed by atoms with Gasteiger partial charge in [0.2, 0.25) is 11.8 Å². The summed E-state index contributed by atoms with van der Waals surface area (Å²) in [6, 6.07) is 16.0. The monoisotopic (exact) mass is 485 g/mol. The van der Waals surface area contributed by atoms with Gasteiger partial charge in [-0.2, -0.15) is 0 Å². The zero-order valence-electron chi connectivity index (χ0n) is 17.5. The number of hydrogen-bond acceptors (Lipinski definition) is 6. The van der Waals surface area contributed by atoms with Gasteiger partial charge in [0.25, 0.3) is 10.0 Å². The lowest BCUT2D eigenvalue weighted by Gasteiger charge is -2.17. The number of nitrogens with zero attached hydrogens (tertiary/aromatic N) is 3. The van der Waals surface area contributed by atoms with Crippen molar-refractivity contribution >= 4 is 50.6 Å². The van der Waals surface area contributed by atoms with E-state index in [9.17, 15) is 18.0 Å². The summed E-state index contributed by atoms with van der Waals surface area (Å²) in [7, 11) is -3.90. The van der Waals surface area contributed by atoms with Gasteiger partial charge in [-0.05, 0) is 55.5 Å². The highest BCUT2D eigenvalue weighted by Gasteiger charge is 2.35. The van der Waals surface area contributed by atoms with Gasteiger partial charge in [-0.3, -0.25) is 14.3 Å². The van der Waals surface area contributed by atoms with Crippen LogP contribution in [0.5, 0.6) is 0 Å². The summed E-state index contributed by atoms with van der Waals surface area (Å²) in [5, 5.41) is 10.1. The summed E-state index contributed by atoms with van der Waals surface area (Å²) in [4.78, 5) is 26.7. The molecule has 2 amide bonds. The molecule has 1 saturated heterocycles. The van der Waals surface area contributed by atoms with Crippen LogP contribution < -0.4 is 14.9 Å². The molecule has 2 N–H and O–H groups in total. The molecule has 0 saturated carbocycles. The Morgan fingerprint density at radius 2 is 1.73 bits per heavy atom. The number of anilines is 3. The van der Waals surface area contributed by atoms with Crippen molar-refractivity contribution in [1.29, 1.82) is 0 Å². The first-order chi connectivity index (χ1) is 15.7. The predicted octanol–water partition coefficient (Wildman–Crippen LogP) is 3.23. The number of aromatic nitrogens is 2. The Kier molecular flexibility index (Phi) is 6.30. The van der Waals surface area contributed by atoms with Crippen molar-refractivity contribution in [3.63, 3.8) is 0 Å². The Labute approximate surface area is 195 Å². The van der Waals surface area contributed by atoms with Gasteiger partial charge in [-0.1, -0.05) is 29.3 Å². The number of benzene rings is 2. The second-order valence-corrected chi connectivity index (χ2v) is 9.67. The number of nitrogens with one attached hydrogen (secondary N) is 2. The van der Waals surface area contributed by atoms with Gasteiger partial charge in [0.15, 0.2) is 11.0 Å². The number of aryl methyl sites for hydroxylation is 1. The minimum absolute atomic E-state index is 0.0150. The van der Waals surface area contributed by atoms with Gasteiger partial charge in [-0.15, -0.1) is 10.2 Å². The molecule has 170 valence electrons. The summed E-state index contributed by atoms with van der Waals surface area (Å²) in [6.45, 7) is 2.25. The smallest absolute Gasteiger partial charge is 0.263 e. The second kappa shape index (κ2) is 9.16. The second-order valence-electron chi connectivity index (χ2n) is 7.60. The number of hydrogen-bond donors (Lipinski definition) is 2. The minimum atomic E-state index is -3.90. The molecule has 1 aromatic heterocycles. The first kappa shape index (κ1) is 22.7. The van der Waals surface area contributed by atoms with Crippen molar-refractivity contribution in [2.75, 3.05) is 21.5 Å². The van der Waals surface area contributed by atoms with Crippen molar-refractivity contribution in [1.82, 2.24) is 10.2 Å². The number of rotatable bonds is 6. The molecule has 33 heavy (non-hydrogen) atoms. The van der Waals surface area contributed by atoms with Crippen LogP contribution in [0.4, 0.5) is 17.2 Å². The topological polar surface area (TPSA) is 121 Å². The Bertz CT molecular complexity index is 1280. The van der Waals surface area contributed by atoms with E-state index in [1.807, 2.05) is 31.2 Å². The van der Waals surface area contributed by atoms with E-state index in [0.29, 0.717) is 5.69 Å². The molecule has 1 atom stereocenters. The molecule has 9 nitrogen and oxygen atoms in total. The van der Waals surface area contributed by atoms with Crippen molar-refractivity contribution in [2.24, 2.45) is 5.92 Å². The van der Waals surface area contributed by atoms with Gasteiger partial charge in [0, 0.05) is 24.3 Å². The average Bonchev–Trinajstić information content (AvgIpc) is 3.18. The van der Waals surface area contributed by atoms with E-state index in [2.05, 4.69) is 20.2 Å². The zero-order chi connectivity index (χ0) is 23.6. The maximum Gasteiger partial charge on any atom is 0.263 e. The maximum atomic E-state index is 12.7. The third-order valence-corrected chi connectivity index (χ3v) is 6.72. The SMILES string of the molecule is Cc1ccc(N2CC(C(=O)Nc3ccc(S(=O)(=O)Nc4ccc(Cl)nn4)cc3)CC2=O)cc1. The molecule has 2 aromatic carbocycles. The van der Waals surface area contributed by atoms with Crippen LogP contribution in [0, 0.1) is 12.8 Å². The van der Waals surface area contributed by atoms with Crippen LogP contribution in [0.1, 0.15) is 12.0 Å². The molecule has 11 heteroatoms. The van der Waals surface area contributed by atoms with E-state index >= 15 is 0 Å². The Morgan fingerprint density at radius 3 is 2.36 bits per heavy atom. The third-order valence-electron chi connectivity index (χ3n) is 5.14. The fourth-order valence-electron chi connectivity index (χ4n) is 3.39. The van der Waals surface area contributed by atoms with Crippen LogP contribution in [-0.2, 0) is 19.6 Å². The highest BCUT2D eigenvalue weighted by Crippen LogP contribution is 2.26. The first-order valence-electron chi connectivity index (χ1n) is 10.0. The average molecular weight is 486 g/mol. The highest BCUT2D eigenvalue weighted by atomic mass is 35.5. The number of halogens is 1. The lowest BCUT2D eigenvalue weighted by molar-refractivity contribution is -0.122. The number of sulfonamides is 1. The minimum Gasteiger partial charge on any atom is -0.326 e. The van der Waals surface area contributed by atoms with Gasteiger partial charge in [0.1, 0.15) is 0 Å². The summed E-state index contributed by atoms with van der Waals surface area (Å²) in [5.74, 6) is -0.895. The summed E-state index contributed by atoms with van der Waals surface area (Å²) >= 11 is 5.65. The van der Waals surface area contributed by atoms with Crippen LogP contribution in [0.3, 0.4) is 0 Å². The number of carbonyl (C=O) groups excluding carboxylic acids is 2. The number of carbonyl (C=O) groups is 2. The van der Waals surface area contributed by atoms with Gasteiger partial charge < -0.3 is 10.2 Å². The molecule has 2 heterocycles. The van der Waals surface area contributed by atoms with Gasteiger partial charge in [0.05, 0.1) is 10.8 Å². The molecule has 1 fully saturated rings. The maximum absolute atomic E-state index is 12.7. The van der Waals surface area contributed by atoms with Crippen molar-refractivity contribution in [3.05, 3.63) is 71.4 Å². The van der Waals surface area contributed by atoms with E-state index in [1.54, 1.807) is 4.90 Å². The molecule has 4 rings (SSSR count). The molecule has 1 aliphatic rings. The lowest BCUT2D eigenvalue weighted by Crippen LogP contribution is -2.28. The molecule has 0 radical (unpaired) electrons. The fraction of sp³-hybridized carbons (Fsp3) is 0.182. The normalized spacial score (nSPS) is 16.0. The standard InChI is InChI=1S/C22H20ClN5O4S/c1-14-2-6-17(7-3-14)28-13-15(12-21(28)29)22(30)24-16-4-8-18(9-5-16)33(31,32)27-20-11-10-19(23)25-26-20/h2-11,15H,12-13H2,1H3,(H,24,30)(H,26,27). The molecule has 3 aromatic rings. The highest BCUT2D eigenvalue weighted by molar-refractivity contribution is 7.92.